The lowest BCUT2D eigenvalue weighted by Gasteiger charge is -2.15. The quantitative estimate of drug-likeness (QED) is 0.876. The number of carbonyl (C=O) groups is 1. The number of aryl methyl sites for hydroxylation is 1. The van der Waals surface area contributed by atoms with Crippen LogP contribution in [0.4, 0.5) is 8.78 Å². The van der Waals surface area contributed by atoms with E-state index in [0.717, 1.165) is 17.7 Å². The number of carbonyl (C=O) groups excluding carboxylic acids is 1. The SMILES string of the molecule is Cc1cnc(Cl)c(C(=O)NC(C)c2ccc(F)c(F)c2)c1. The molecular formula is C15H13ClF2N2O. The Morgan fingerprint density at radius 1 is 1.29 bits per heavy atom. The van der Waals surface area contributed by atoms with Crippen molar-refractivity contribution in [3.8, 4) is 0 Å². The van der Waals surface area contributed by atoms with Crippen LogP contribution in [0.25, 0.3) is 0 Å². The fourth-order valence-electron chi connectivity index (χ4n) is 1.85. The van der Waals surface area contributed by atoms with Gasteiger partial charge in [0, 0.05) is 6.20 Å². The van der Waals surface area contributed by atoms with Crippen molar-refractivity contribution in [2.24, 2.45) is 0 Å². The molecule has 6 heteroatoms. The average Bonchev–Trinajstić information content (AvgIpc) is 2.44. The van der Waals surface area contributed by atoms with Crippen LogP contribution in [0.1, 0.15) is 34.5 Å². The highest BCUT2D eigenvalue weighted by Crippen LogP contribution is 2.19. The second-order valence-corrected chi connectivity index (χ2v) is 5.08. The number of aromatic nitrogens is 1. The molecule has 0 aliphatic rings. The Morgan fingerprint density at radius 2 is 2.00 bits per heavy atom. The lowest BCUT2D eigenvalue weighted by Crippen LogP contribution is -2.27. The lowest BCUT2D eigenvalue weighted by molar-refractivity contribution is 0.0939. The number of benzene rings is 1. The minimum absolute atomic E-state index is 0.0931. The summed E-state index contributed by atoms with van der Waals surface area (Å²) in [6.07, 6.45) is 1.55. The number of rotatable bonds is 3. The summed E-state index contributed by atoms with van der Waals surface area (Å²) in [5, 5.41) is 2.77. The standard InChI is InChI=1S/C15H13ClF2N2O/c1-8-5-11(14(16)19-7-8)15(21)20-9(2)10-3-4-12(17)13(18)6-10/h3-7,9H,1-2H3,(H,20,21). The molecule has 1 aromatic carbocycles. The summed E-state index contributed by atoms with van der Waals surface area (Å²) in [5.74, 6) is -2.31. The molecule has 0 fully saturated rings. The van der Waals surface area contributed by atoms with Crippen LogP contribution in [0.5, 0.6) is 0 Å². The van der Waals surface area contributed by atoms with Crippen LogP contribution in [0.2, 0.25) is 5.15 Å². The Bertz CT molecular complexity index is 691. The van der Waals surface area contributed by atoms with Gasteiger partial charge in [-0.25, -0.2) is 13.8 Å². The van der Waals surface area contributed by atoms with Gasteiger partial charge in [0.05, 0.1) is 11.6 Å². The van der Waals surface area contributed by atoms with Crippen LogP contribution < -0.4 is 5.32 Å². The summed E-state index contributed by atoms with van der Waals surface area (Å²) >= 11 is 5.89. The molecule has 0 radical (unpaired) electrons. The Hall–Kier alpha value is -2.01. The molecule has 1 amide bonds. The summed E-state index contributed by atoms with van der Waals surface area (Å²) in [5.41, 5.74) is 1.50. The molecule has 21 heavy (non-hydrogen) atoms. The Kier molecular flexibility index (Phi) is 4.53. The highest BCUT2D eigenvalue weighted by molar-refractivity contribution is 6.32. The summed E-state index contributed by atoms with van der Waals surface area (Å²) in [6, 6.07) is 4.61. The van der Waals surface area contributed by atoms with Crippen molar-refractivity contribution in [2.45, 2.75) is 19.9 Å². The van der Waals surface area contributed by atoms with Gasteiger partial charge in [0.2, 0.25) is 0 Å². The molecule has 0 aliphatic carbocycles. The third-order valence-electron chi connectivity index (χ3n) is 3.01. The molecule has 1 unspecified atom stereocenters. The monoisotopic (exact) mass is 310 g/mol. The Morgan fingerprint density at radius 3 is 2.67 bits per heavy atom. The van der Waals surface area contributed by atoms with Crippen molar-refractivity contribution in [1.82, 2.24) is 10.3 Å². The molecule has 0 saturated heterocycles. The minimum Gasteiger partial charge on any atom is -0.345 e. The first-order valence-corrected chi connectivity index (χ1v) is 6.64. The van der Waals surface area contributed by atoms with E-state index in [1.807, 2.05) is 0 Å². The maximum atomic E-state index is 13.2. The third kappa shape index (κ3) is 3.55. The van der Waals surface area contributed by atoms with Gasteiger partial charge in [0.15, 0.2) is 11.6 Å². The molecule has 2 rings (SSSR count). The molecule has 1 N–H and O–H groups in total. The first kappa shape index (κ1) is 15.4. The average molecular weight is 311 g/mol. The third-order valence-corrected chi connectivity index (χ3v) is 3.31. The van der Waals surface area contributed by atoms with Crippen LogP contribution in [-0.4, -0.2) is 10.9 Å². The molecular weight excluding hydrogens is 298 g/mol. The maximum absolute atomic E-state index is 13.2. The molecule has 2 aromatic rings. The number of hydrogen-bond acceptors (Lipinski definition) is 2. The van der Waals surface area contributed by atoms with Crippen LogP contribution >= 0.6 is 11.6 Å². The smallest absolute Gasteiger partial charge is 0.254 e. The van der Waals surface area contributed by atoms with Crippen LogP contribution in [0.3, 0.4) is 0 Å². The fourth-order valence-corrected chi connectivity index (χ4v) is 2.04. The summed E-state index contributed by atoms with van der Waals surface area (Å²) in [6.45, 7) is 3.46. The number of amides is 1. The number of pyridine rings is 1. The van der Waals surface area contributed by atoms with Crippen molar-refractivity contribution < 1.29 is 13.6 Å². The summed E-state index contributed by atoms with van der Waals surface area (Å²) in [4.78, 5) is 16.1. The van der Waals surface area contributed by atoms with E-state index in [0.29, 0.717) is 5.56 Å². The van der Waals surface area contributed by atoms with Crippen LogP contribution in [-0.2, 0) is 0 Å². The molecule has 1 aromatic heterocycles. The van der Waals surface area contributed by atoms with Crippen molar-refractivity contribution in [3.05, 3.63) is 63.9 Å². The zero-order valence-corrected chi connectivity index (χ0v) is 12.2. The number of hydrogen-bond donors (Lipinski definition) is 1. The van der Waals surface area contributed by atoms with E-state index in [1.165, 1.54) is 6.07 Å². The zero-order valence-electron chi connectivity index (χ0n) is 11.5. The maximum Gasteiger partial charge on any atom is 0.254 e. The van der Waals surface area contributed by atoms with E-state index >= 15 is 0 Å². The van der Waals surface area contributed by atoms with Gasteiger partial charge in [-0.05, 0) is 43.2 Å². The van der Waals surface area contributed by atoms with Crippen LogP contribution in [0, 0.1) is 18.6 Å². The number of nitrogens with one attached hydrogen (secondary N) is 1. The second kappa shape index (κ2) is 6.18. The number of nitrogens with zero attached hydrogens (tertiary/aromatic N) is 1. The molecule has 0 bridgehead atoms. The molecule has 0 saturated carbocycles. The Balaban J connectivity index is 2.18. The number of halogens is 3. The van der Waals surface area contributed by atoms with Crippen molar-refractivity contribution >= 4 is 17.5 Å². The molecule has 1 heterocycles. The van der Waals surface area contributed by atoms with Gasteiger partial charge in [-0.15, -0.1) is 0 Å². The first-order chi connectivity index (χ1) is 9.88. The summed E-state index contributed by atoms with van der Waals surface area (Å²) in [7, 11) is 0. The van der Waals surface area contributed by atoms with Gasteiger partial charge in [-0.1, -0.05) is 17.7 Å². The highest BCUT2D eigenvalue weighted by atomic mass is 35.5. The zero-order chi connectivity index (χ0) is 15.6. The van der Waals surface area contributed by atoms with Crippen molar-refractivity contribution in [3.63, 3.8) is 0 Å². The van der Waals surface area contributed by atoms with Gasteiger partial charge < -0.3 is 5.32 Å². The van der Waals surface area contributed by atoms with E-state index in [9.17, 15) is 13.6 Å². The topological polar surface area (TPSA) is 42.0 Å². The normalized spacial score (nSPS) is 12.0. The molecule has 0 spiro atoms. The second-order valence-electron chi connectivity index (χ2n) is 4.72. The van der Waals surface area contributed by atoms with Gasteiger partial charge >= 0.3 is 0 Å². The molecule has 110 valence electrons. The lowest BCUT2D eigenvalue weighted by atomic mass is 10.1. The van der Waals surface area contributed by atoms with Gasteiger partial charge in [0.25, 0.3) is 5.91 Å². The fraction of sp³-hybridized carbons (Fsp3) is 0.200. The molecule has 0 aliphatic heterocycles. The van der Waals surface area contributed by atoms with Crippen LogP contribution in [0.15, 0.2) is 30.5 Å². The predicted molar refractivity (Wildman–Crippen MR) is 76.2 cm³/mol. The van der Waals surface area contributed by atoms with Crippen molar-refractivity contribution in [1.29, 1.82) is 0 Å². The molecule has 1 atom stereocenters. The van der Waals surface area contributed by atoms with E-state index in [-0.39, 0.29) is 10.7 Å². The predicted octanol–water partition coefficient (Wildman–Crippen LogP) is 3.81. The van der Waals surface area contributed by atoms with E-state index in [1.54, 1.807) is 26.1 Å². The first-order valence-electron chi connectivity index (χ1n) is 6.26. The van der Waals surface area contributed by atoms with E-state index in [4.69, 9.17) is 11.6 Å². The van der Waals surface area contributed by atoms with Gasteiger partial charge in [-0.3, -0.25) is 4.79 Å². The minimum atomic E-state index is -0.955. The summed E-state index contributed by atoms with van der Waals surface area (Å²) < 4.78 is 26.1. The highest BCUT2D eigenvalue weighted by Gasteiger charge is 2.16. The largest absolute Gasteiger partial charge is 0.345 e. The van der Waals surface area contributed by atoms with E-state index < -0.39 is 23.6 Å². The van der Waals surface area contributed by atoms with E-state index in [2.05, 4.69) is 10.3 Å². The Labute approximate surface area is 126 Å². The van der Waals surface area contributed by atoms with Crippen molar-refractivity contribution in [2.75, 3.05) is 0 Å². The van der Waals surface area contributed by atoms with Gasteiger partial charge in [0.1, 0.15) is 5.15 Å². The molecule has 3 nitrogen and oxygen atoms in total. The van der Waals surface area contributed by atoms with Gasteiger partial charge in [-0.2, -0.15) is 0 Å².